The van der Waals surface area contributed by atoms with E-state index in [0.29, 0.717) is 11.7 Å². The van der Waals surface area contributed by atoms with Crippen LogP contribution in [0.3, 0.4) is 0 Å². The summed E-state index contributed by atoms with van der Waals surface area (Å²) >= 11 is 5.93. The lowest BCUT2D eigenvalue weighted by Gasteiger charge is -2.32. The molecule has 0 aliphatic carbocycles. The van der Waals surface area contributed by atoms with Crippen LogP contribution in [0.4, 0.5) is 5.82 Å². The monoisotopic (exact) mass is 280 g/mol. The Bertz CT molecular complexity index is 568. The molecule has 1 atom stereocenters. The molecule has 7 heteroatoms. The second-order valence-corrected chi connectivity index (χ2v) is 5.16. The number of imidazole rings is 1. The van der Waals surface area contributed by atoms with E-state index in [2.05, 4.69) is 37.1 Å². The summed E-state index contributed by atoms with van der Waals surface area (Å²) in [7, 11) is 0. The first-order chi connectivity index (χ1) is 9.26. The molecular formula is C12H17ClN6. The van der Waals surface area contributed by atoms with Crippen LogP contribution in [-0.2, 0) is 0 Å². The van der Waals surface area contributed by atoms with Gasteiger partial charge in [0.15, 0.2) is 11.5 Å². The number of likely N-dealkylation sites (tertiary alicyclic amines) is 1. The number of piperidine rings is 1. The molecule has 1 aliphatic heterocycles. The van der Waals surface area contributed by atoms with E-state index in [1.807, 2.05) is 0 Å². The summed E-state index contributed by atoms with van der Waals surface area (Å²) in [5.41, 5.74) is 1.42. The third-order valence-electron chi connectivity index (χ3n) is 3.55. The maximum atomic E-state index is 5.93. The van der Waals surface area contributed by atoms with Crippen LogP contribution < -0.4 is 5.32 Å². The van der Waals surface area contributed by atoms with Crippen LogP contribution in [0.2, 0.25) is 5.28 Å². The van der Waals surface area contributed by atoms with Crippen molar-refractivity contribution in [1.82, 2.24) is 24.8 Å². The Morgan fingerprint density at radius 2 is 2.42 bits per heavy atom. The molecule has 102 valence electrons. The lowest BCUT2D eigenvalue weighted by atomic mass is 10.1. The van der Waals surface area contributed by atoms with Crippen molar-refractivity contribution in [3.8, 4) is 0 Å². The summed E-state index contributed by atoms with van der Waals surface area (Å²) in [4.78, 5) is 18.0. The number of fused-ring (bicyclic) bond motifs is 1. The molecule has 0 amide bonds. The fraction of sp³-hybridized carbons (Fsp3) is 0.583. The second kappa shape index (κ2) is 5.30. The summed E-state index contributed by atoms with van der Waals surface area (Å²) in [6.45, 7) is 5.49. The number of nitrogens with zero attached hydrogens (tertiary/aromatic N) is 4. The number of anilines is 1. The van der Waals surface area contributed by atoms with Gasteiger partial charge in [0.05, 0.1) is 6.33 Å². The lowest BCUT2D eigenvalue weighted by Crippen LogP contribution is -2.42. The highest BCUT2D eigenvalue weighted by molar-refractivity contribution is 6.28. The summed E-state index contributed by atoms with van der Waals surface area (Å²) in [6.07, 6.45) is 3.96. The SMILES string of the molecule is CCN1CCCC(Nc2nc(Cl)nc3nc[nH]c23)C1. The number of aromatic amines is 1. The summed E-state index contributed by atoms with van der Waals surface area (Å²) in [5.74, 6) is 0.746. The molecule has 0 bridgehead atoms. The van der Waals surface area contributed by atoms with Crippen molar-refractivity contribution in [2.75, 3.05) is 25.0 Å². The zero-order valence-electron chi connectivity index (χ0n) is 10.9. The normalized spacial score (nSPS) is 20.8. The summed E-state index contributed by atoms with van der Waals surface area (Å²) < 4.78 is 0. The highest BCUT2D eigenvalue weighted by atomic mass is 35.5. The van der Waals surface area contributed by atoms with Gasteiger partial charge in [0, 0.05) is 12.6 Å². The van der Waals surface area contributed by atoms with Gasteiger partial charge in [-0.15, -0.1) is 0 Å². The van der Waals surface area contributed by atoms with Crippen molar-refractivity contribution < 1.29 is 0 Å². The smallest absolute Gasteiger partial charge is 0.226 e. The van der Waals surface area contributed by atoms with E-state index in [-0.39, 0.29) is 5.28 Å². The second-order valence-electron chi connectivity index (χ2n) is 4.82. The van der Waals surface area contributed by atoms with Gasteiger partial charge < -0.3 is 15.2 Å². The maximum Gasteiger partial charge on any atom is 0.226 e. The van der Waals surface area contributed by atoms with Crippen LogP contribution in [0.1, 0.15) is 19.8 Å². The molecular weight excluding hydrogens is 264 g/mol. The third-order valence-corrected chi connectivity index (χ3v) is 3.72. The Balaban J connectivity index is 1.82. The van der Waals surface area contributed by atoms with E-state index in [1.165, 1.54) is 13.0 Å². The quantitative estimate of drug-likeness (QED) is 0.841. The predicted molar refractivity (Wildman–Crippen MR) is 75.5 cm³/mol. The molecule has 2 N–H and O–H groups in total. The number of H-pyrrole nitrogens is 1. The average Bonchev–Trinajstić information content (AvgIpc) is 2.87. The van der Waals surface area contributed by atoms with E-state index in [0.717, 1.165) is 30.8 Å². The molecule has 1 aliphatic rings. The fourth-order valence-electron chi connectivity index (χ4n) is 2.57. The molecule has 2 aromatic rings. The Hall–Kier alpha value is -1.40. The van der Waals surface area contributed by atoms with Gasteiger partial charge in [0.1, 0.15) is 5.52 Å². The molecule has 0 radical (unpaired) electrons. The minimum atomic E-state index is 0.227. The summed E-state index contributed by atoms with van der Waals surface area (Å²) in [6, 6.07) is 0.395. The lowest BCUT2D eigenvalue weighted by molar-refractivity contribution is 0.226. The van der Waals surface area contributed by atoms with Crippen LogP contribution in [0, 0.1) is 0 Å². The third kappa shape index (κ3) is 2.64. The number of rotatable bonds is 3. The topological polar surface area (TPSA) is 69.7 Å². The van der Waals surface area contributed by atoms with Gasteiger partial charge >= 0.3 is 0 Å². The zero-order chi connectivity index (χ0) is 13.2. The molecule has 0 spiro atoms. The summed E-state index contributed by atoms with van der Waals surface area (Å²) in [5, 5.41) is 3.69. The highest BCUT2D eigenvalue weighted by Crippen LogP contribution is 2.21. The van der Waals surface area contributed by atoms with Crippen LogP contribution >= 0.6 is 11.6 Å². The number of aromatic nitrogens is 4. The molecule has 2 aromatic heterocycles. The first kappa shape index (κ1) is 12.6. The average molecular weight is 281 g/mol. The first-order valence-electron chi connectivity index (χ1n) is 6.61. The Morgan fingerprint density at radius 1 is 1.53 bits per heavy atom. The van der Waals surface area contributed by atoms with Gasteiger partial charge in [-0.2, -0.15) is 9.97 Å². The molecule has 3 rings (SSSR count). The Labute approximate surface area is 116 Å². The van der Waals surface area contributed by atoms with Crippen molar-refractivity contribution >= 4 is 28.6 Å². The van der Waals surface area contributed by atoms with Crippen LogP contribution in [0.15, 0.2) is 6.33 Å². The van der Waals surface area contributed by atoms with E-state index in [4.69, 9.17) is 11.6 Å². The number of likely N-dealkylation sites (N-methyl/N-ethyl adjacent to an activating group) is 1. The molecule has 0 saturated carbocycles. The van der Waals surface area contributed by atoms with Gasteiger partial charge in [0.25, 0.3) is 0 Å². The van der Waals surface area contributed by atoms with Crippen molar-refractivity contribution in [1.29, 1.82) is 0 Å². The van der Waals surface area contributed by atoms with Crippen molar-refractivity contribution in [2.24, 2.45) is 0 Å². The number of halogens is 1. The molecule has 6 nitrogen and oxygen atoms in total. The number of hydrogen-bond acceptors (Lipinski definition) is 5. The molecule has 1 saturated heterocycles. The van der Waals surface area contributed by atoms with Crippen LogP contribution in [0.5, 0.6) is 0 Å². The van der Waals surface area contributed by atoms with Gasteiger partial charge in [-0.3, -0.25) is 0 Å². The van der Waals surface area contributed by atoms with E-state index < -0.39 is 0 Å². The molecule has 1 fully saturated rings. The maximum absolute atomic E-state index is 5.93. The number of hydrogen-bond donors (Lipinski definition) is 2. The van der Waals surface area contributed by atoms with Gasteiger partial charge in [-0.25, -0.2) is 4.98 Å². The minimum absolute atomic E-state index is 0.227. The zero-order valence-corrected chi connectivity index (χ0v) is 11.6. The largest absolute Gasteiger partial charge is 0.364 e. The molecule has 0 aromatic carbocycles. The fourth-order valence-corrected chi connectivity index (χ4v) is 2.73. The van der Waals surface area contributed by atoms with Crippen molar-refractivity contribution in [3.05, 3.63) is 11.6 Å². The molecule has 19 heavy (non-hydrogen) atoms. The van der Waals surface area contributed by atoms with Gasteiger partial charge in [-0.1, -0.05) is 6.92 Å². The van der Waals surface area contributed by atoms with Crippen LogP contribution in [-0.4, -0.2) is 50.5 Å². The highest BCUT2D eigenvalue weighted by Gasteiger charge is 2.20. The van der Waals surface area contributed by atoms with Crippen molar-refractivity contribution in [2.45, 2.75) is 25.8 Å². The van der Waals surface area contributed by atoms with Crippen LogP contribution in [0.25, 0.3) is 11.2 Å². The van der Waals surface area contributed by atoms with Crippen molar-refractivity contribution in [3.63, 3.8) is 0 Å². The standard InChI is InChI=1S/C12H17ClN6/c1-2-19-5-3-4-8(6-19)16-11-9-10(15-7-14-9)17-12(13)18-11/h7-8H,2-6H2,1H3,(H2,14,15,16,17,18). The van der Waals surface area contributed by atoms with E-state index in [9.17, 15) is 0 Å². The number of nitrogens with one attached hydrogen (secondary N) is 2. The first-order valence-corrected chi connectivity index (χ1v) is 6.99. The Morgan fingerprint density at radius 3 is 3.26 bits per heavy atom. The van der Waals surface area contributed by atoms with E-state index >= 15 is 0 Å². The predicted octanol–water partition coefficient (Wildman–Crippen LogP) is 1.90. The van der Waals surface area contributed by atoms with E-state index in [1.54, 1.807) is 6.33 Å². The molecule has 1 unspecified atom stereocenters. The Kier molecular flexibility index (Phi) is 3.52. The molecule has 3 heterocycles. The van der Waals surface area contributed by atoms with Gasteiger partial charge in [0.2, 0.25) is 5.28 Å². The minimum Gasteiger partial charge on any atom is -0.364 e. The van der Waals surface area contributed by atoms with Gasteiger partial charge in [-0.05, 0) is 37.5 Å².